The molecule has 3 rings (SSSR count). The number of rotatable bonds is 4. The van der Waals surface area contributed by atoms with Crippen molar-refractivity contribution in [1.82, 2.24) is 15.3 Å². The normalized spacial score (nSPS) is 16.8. The zero-order valence-electron chi connectivity index (χ0n) is 16.5. The largest absolute Gasteiger partial charge is 0.480 e. The average molecular weight is 385 g/mol. The number of nitrogens with zero attached hydrogens (tertiary/aromatic N) is 2. The molecule has 1 aliphatic heterocycles. The first-order valence-electron chi connectivity index (χ1n) is 9.44. The molecule has 1 unspecified atom stereocenters. The number of piperazine rings is 1. The van der Waals surface area contributed by atoms with Gasteiger partial charge < -0.3 is 14.7 Å². The third-order valence-electron chi connectivity index (χ3n) is 4.62. The molecule has 0 saturated carbocycles. The molecule has 1 amide bonds. The predicted octanol–water partition coefficient (Wildman–Crippen LogP) is 3.02. The van der Waals surface area contributed by atoms with Crippen LogP contribution >= 0.6 is 0 Å². The summed E-state index contributed by atoms with van der Waals surface area (Å²) < 4.78 is 5.40. The molecular formula is C21H27N3O4. The Morgan fingerprint density at radius 2 is 1.68 bits per heavy atom. The highest BCUT2D eigenvalue weighted by molar-refractivity contribution is 5.90. The molecule has 2 aromatic rings. The van der Waals surface area contributed by atoms with E-state index < -0.39 is 17.6 Å². The Morgan fingerprint density at radius 3 is 2.32 bits per heavy atom. The Hall–Kier alpha value is -2.64. The van der Waals surface area contributed by atoms with E-state index in [1.54, 1.807) is 4.90 Å². The second-order valence-corrected chi connectivity index (χ2v) is 7.92. The van der Waals surface area contributed by atoms with E-state index in [1.807, 2.05) is 68.2 Å². The lowest BCUT2D eigenvalue weighted by molar-refractivity contribution is -0.141. The second kappa shape index (κ2) is 8.16. The topological polar surface area (TPSA) is 82.1 Å². The number of carbonyl (C=O) groups excluding carboxylic acids is 1. The number of hydrazine groups is 1. The summed E-state index contributed by atoms with van der Waals surface area (Å²) in [6.07, 6.45) is -0.337. The Bertz CT molecular complexity index is 849. The van der Waals surface area contributed by atoms with Crippen LogP contribution in [-0.2, 0) is 9.53 Å². The van der Waals surface area contributed by atoms with Gasteiger partial charge in [0.2, 0.25) is 0 Å². The fraction of sp³-hybridized carbons (Fsp3) is 0.429. The summed E-state index contributed by atoms with van der Waals surface area (Å²) in [5.41, 5.74) is 3.32. The summed E-state index contributed by atoms with van der Waals surface area (Å²) in [5.74, 6) is -0.939. The number of benzene rings is 2. The first-order chi connectivity index (χ1) is 13.2. The minimum Gasteiger partial charge on any atom is -0.480 e. The molecule has 1 fully saturated rings. The zero-order valence-corrected chi connectivity index (χ0v) is 16.5. The predicted molar refractivity (Wildman–Crippen MR) is 107 cm³/mol. The molecule has 0 bridgehead atoms. The molecular weight excluding hydrogens is 358 g/mol. The number of carboxylic acid groups (broad SMARTS) is 1. The van der Waals surface area contributed by atoms with Crippen LogP contribution in [0.25, 0.3) is 10.8 Å². The number of hydrogen-bond acceptors (Lipinski definition) is 5. The van der Waals surface area contributed by atoms with Gasteiger partial charge in [-0.25, -0.2) is 15.2 Å². The molecule has 0 spiro atoms. The first kappa shape index (κ1) is 20.1. The Kier molecular flexibility index (Phi) is 5.86. The highest BCUT2D eigenvalue weighted by Crippen LogP contribution is 2.25. The van der Waals surface area contributed by atoms with Crippen molar-refractivity contribution >= 4 is 22.8 Å². The van der Waals surface area contributed by atoms with Crippen molar-refractivity contribution in [2.75, 3.05) is 26.2 Å². The van der Waals surface area contributed by atoms with E-state index in [0.29, 0.717) is 26.2 Å². The third kappa shape index (κ3) is 4.79. The van der Waals surface area contributed by atoms with Crippen molar-refractivity contribution in [2.45, 2.75) is 32.4 Å². The molecule has 28 heavy (non-hydrogen) atoms. The maximum Gasteiger partial charge on any atom is 0.410 e. The van der Waals surface area contributed by atoms with Gasteiger partial charge in [0.05, 0.1) is 0 Å². The van der Waals surface area contributed by atoms with Crippen LogP contribution in [0.1, 0.15) is 32.4 Å². The van der Waals surface area contributed by atoms with Crippen LogP contribution in [-0.4, -0.2) is 58.9 Å². The molecule has 0 radical (unpaired) electrons. The fourth-order valence-electron chi connectivity index (χ4n) is 3.29. The van der Waals surface area contributed by atoms with Crippen LogP contribution in [0, 0.1) is 0 Å². The van der Waals surface area contributed by atoms with Gasteiger partial charge in [0.25, 0.3) is 0 Å². The molecule has 150 valence electrons. The van der Waals surface area contributed by atoms with Gasteiger partial charge in [0.15, 0.2) is 0 Å². The molecule has 2 N–H and O–H groups in total. The maximum atomic E-state index is 12.2. The summed E-state index contributed by atoms with van der Waals surface area (Å²) >= 11 is 0. The van der Waals surface area contributed by atoms with Crippen molar-refractivity contribution in [3.63, 3.8) is 0 Å². The van der Waals surface area contributed by atoms with Gasteiger partial charge >= 0.3 is 12.1 Å². The number of aliphatic carboxylic acids is 1. The lowest BCUT2D eigenvalue weighted by Gasteiger charge is -2.37. The lowest BCUT2D eigenvalue weighted by Crippen LogP contribution is -2.55. The number of nitrogens with one attached hydrogen (secondary N) is 1. The van der Waals surface area contributed by atoms with Gasteiger partial charge in [-0.3, -0.25) is 4.79 Å². The number of ether oxygens (including phenoxy) is 1. The van der Waals surface area contributed by atoms with Gasteiger partial charge in [0.1, 0.15) is 11.6 Å². The van der Waals surface area contributed by atoms with Crippen LogP contribution < -0.4 is 5.43 Å². The van der Waals surface area contributed by atoms with Crippen LogP contribution in [0.3, 0.4) is 0 Å². The van der Waals surface area contributed by atoms with E-state index in [9.17, 15) is 14.7 Å². The molecule has 1 atom stereocenters. The zero-order chi connectivity index (χ0) is 20.3. The molecule has 0 aliphatic carbocycles. The quantitative estimate of drug-likeness (QED) is 0.842. The Balaban J connectivity index is 1.68. The lowest BCUT2D eigenvalue weighted by atomic mass is 9.99. The number of hydrogen-bond donors (Lipinski definition) is 2. The van der Waals surface area contributed by atoms with E-state index in [0.717, 1.165) is 16.3 Å². The first-order valence-corrected chi connectivity index (χ1v) is 9.44. The van der Waals surface area contributed by atoms with Crippen molar-refractivity contribution in [1.29, 1.82) is 0 Å². The number of amides is 1. The van der Waals surface area contributed by atoms with Crippen LogP contribution in [0.4, 0.5) is 4.79 Å². The summed E-state index contributed by atoms with van der Waals surface area (Å²) in [7, 11) is 0. The van der Waals surface area contributed by atoms with Crippen LogP contribution in [0.2, 0.25) is 0 Å². The Morgan fingerprint density at radius 1 is 1.04 bits per heavy atom. The number of carbonyl (C=O) groups is 2. The van der Waals surface area contributed by atoms with Gasteiger partial charge in [-0.2, -0.15) is 0 Å². The van der Waals surface area contributed by atoms with Crippen molar-refractivity contribution in [3.05, 3.63) is 48.0 Å². The smallest absolute Gasteiger partial charge is 0.410 e. The standard InChI is InChI=1S/C21H27N3O4/c1-21(2,3)28-20(27)23-11-13-24(14-12-23)22-18(19(25)26)17-10-6-8-15-7-4-5-9-16(15)17/h4-10,18,22H,11-14H2,1-3H3,(H,25,26). The molecule has 7 heteroatoms. The van der Waals surface area contributed by atoms with Crippen molar-refractivity contribution < 1.29 is 19.4 Å². The number of fused-ring (bicyclic) bond motifs is 1. The Labute approximate surface area is 164 Å². The van der Waals surface area contributed by atoms with Gasteiger partial charge in [-0.05, 0) is 37.1 Å². The van der Waals surface area contributed by atoms with Crippen molar-refractivity contribution in [3.8, 4) is 0 Å². The summed E-state index contributed by atoms with van der Waals surface area (Å²) in [6.45, 7) is 7.51. The van der Waals surface area contributed by atoms with Crippen LogP contribution in [0.15, 0.2) is 42.5 Å². The summed E-state index contributed by atoms with van der Waals surface area (Å²) in [4.78, 5) is 25.8. The SMILES string of the molecule is CC(C)(C)OC(=O)N1CCN(NC(C(=O)O)c2cccc3ccccc23)CC1. The fourth-order valence-corrected chi connectivity index (χ4v) is 3.29. The second-order valence-electron chi connectivity index (χ2n) is 7.92. The summed E-state index contributed by atoms with van der Waals surface area (Å²) in [5, 5.41) is 13.6. The summed E-state index contributed by atoms with van der Waals surface area (Å²) in [6, 6.07) is 12.6. The van der Waals surface area contributed by atoms with Crippen molar-refractivity contribution in [2.24, 2.45) is 0 Å². The monoisotopic (exact) mass is 385 g/mol. The van der Waals surface area contributed by atoms with E-state index in [2.05, 4.69) is 5.43 Å². The van der Waals surface area contributed by atoms with E-state index >= 15 is 0 Å². The van der Waals surface area contributed by atoms with E-state index in [-0.39, 0.29) is 6.09 Å². The molecule has 1 heterocycles. The molecule has 7 nitrogen and oxygen atoms in total. The highest BCUT2D eigenvalue weighted by atomic mass is 16.6. The van der Waals surface area contributed by atoms with Gasteiger partial charge in [0, 0.05) is 26.2 Å². The highest BCUT2D eigenvalue weighted by Gasteiger charge is 2.29. The van der Waals surface area contributed by atoms with Crippen LogP contribution in [0.5, 0.6) is 0 Å². The van der Waals surface area contributed by atoms with E-state index in [1.165, 1.54) is 0 Å². The minimum atomic E-state index is -0.939. The van der Waals surface area contributed by atoms with Gasteiger partial charge in [-0.15, -0.1) is 0 Å². The molecule has 2 aromatic carbocycles. The minimum absolute atomic E-state index is 0.337. The maximum absolute atomic E-state index is 12.2. The average Bonchev–Trinajstić information content (AvgIpc) is 2.64. The molecule has 1 aliphatic rings. The third-order valence-corrected chi connectivity index (χ3v) is 4.62. The number of carboxylic acids is 1. The van der Waals surface area contributed by atoms with E-state index in [4.69, 9.17) is 4.74 Å². The van der Waals surface area contributed by atoms with Gasteiger partial charge in [-0.1, -0.05) is 42.5 Å². The molecule has 1 saturated heterocycles. The molecule has 0 aromatic heterocycles.